The minimum Gasteiger partial charge on any atom is -0.353 e. The van der Waals surface area contributed by atoms with Gasteiger partial charge in [-0.05, 0) is 62.8 Å². The number of rotatable bonds is 13. The molecule has 0 spiro atoms. The highest BCUT2D eigenvalue weighted by Crippen LogP contribution is 2.53. The maximum atomic E-state index is 15.1. The van der Waals surface area contributed by atoms with Crippen molar-refractivity contribution in [3.8, 4) is 11.1 Å². The number of alkyl halides is 7. The summed E-state index contributed by atoms with van der Waals surface area (Å²) in [7, 11) is 3.59. The van der Waals surface area contributed by atoms with Crippen molar-refractivity contribution in [2.75, 3.05) is 32.5 Å². The molecule has 1 aliphatic carbocycles. The van der Waals surface area contributed by atoms with Crippen molar-refractivity contribution in [1.82, 2.24) is 24.6 Å². The van der Waals surface area contributed by atoms with E-state index in [0.29, 0.717) is 19.2 Å². The molecule has 2 heterocycles. The lowest BCUT2D eigenvalue weighted by molar-refractivity contribution is -0.149. The first-order valence-electron chi connectivity index (χ1n) is 16.1. The normalized spacial score (nSPS) is 15.7. The second-order valence-corrected chi connectivity index (χ2v) is 13.0. The van der Waals surface area contributed by atoms with Crippen LogP contribution in [0.1, 0.15) is 70.7 Å². The minimum absolute atomic E-state index is 0.000197. The van der Waals surface area contributed by atoms with Gasteiger partial charge in [0, 0.05) is 56.1 Å². The Morgan fingerprint density at radius 1 is 0.981 bits per heavy atom. The van der Waals surface area contributed by atoms with Crippen molar-refractivity contribution in [3.63, 3.8) is 0 Å². The lowest BCUT2D eigenvalue weighted by Gasteiger charge is -2.30. The van der Waals surface area contributed by atoms with E-state index >= 15 is 8.78 Å². The predicted octanol–water partition coefficient (Wildman–Crippen LogP) is 7.92. The summed E-state index contributed by atoms with van der Waals surface area (Å²) >= 11 is 0. The third kappa shape index (κ3) is 8.85. The Morgan fingerprint density at radius 3 is 2.26 bits per heavy atom. The van der Waals surface area contributed by atoms with Gasteiger partial charge < -0.3 is 10.2 Å². The number of benzene rings is 2. The van der Waals surface area contributed by atoms with Crippen LogP contribution in [0.5, 0.6) is 0 Å². The maximum Gasteiger partial charge on any atom is 0.435 e. The van der Waals surface area contributed by atoms with Crippen molar-refractivity contribution in [2.24, 2.45) is 0 Å². The molecular formula is C35H32F10N6O2. The van der Waals surface area contributed by atoms with Crippen LogP contribution in [0, 0.1) is 17.5 Å². The molecule has 18 heteroatoms. The summed E-state index contributed by atoms with van der Waals surface area (Å²) in [6.07, 6.45) is -8.51. The number of carbonyl (C=O) groups excluding carboxylic acids is 2. The molecule has 0 saturated heterocycles. The number of aromatic nitrogens is 4. The summed E-state index contributed by atoms with van der Waals surface area (Å²) in [5.41, 5.74) is -6.06. The Bertz CT molecular complexity index is 2010. The number of anilines is 1. The summed E-state index contributed by atoms with van der Waals surface area (Å²) in [6, 6.07) is 5.95. The largest absolute Gasteiger partial charge is 0.435 e. The smallest absolute Gasteiger partial charge is 0.353 e. The summed E-state index contributed by atoms with van der Waals surface area (Å²) in [5.74, 6) is -14.3. The van der Waals surface area contributed by atoms with E-state index in [2.05, 4.69) is 20.4 Å². The van der Waals surface area contributed by atoms with Gasteiger partial charge in [0.2, 0.25) is 5.95 Å². The fraction of sp³-hybridized carbons (Fsp3) is 0.400. The number of ketones is 2. The van der Waals surface area contributed by atoms with Crippen LogP contribution in [0.25, 0.3) is 11.1 Å². The Balaban J connectivity index is 1.63. The molecule has 0 saturated carbocycles. The average molecular weight is 759 g/mol. The quantitative estimate of drug-likeness (QED) is 0.110. The second-order valence-electron chi connectivity index (χ2n) is 13.0. The van der Waals surface area contributed by atoms with E-state index in [9.17, 15) is 44.7 Å². The number of carbonyl (C=O) groups is 2. The molecule has 5 rings (SSSR count). The van der Waals surface area contributed by atoms with Gasteiger partial charge in [0.1, 0.15) is 29.7 Å². The summed E-state index contributed by atoms with van der Waals surface area (Å²) in [6.45, 7) is 0.620. The molecule has 0 bridgehead atoms. The zero-order valence-electron chi connectivity index (χ0n) is 28.4. The number of fused-ring (bicyclic) bond motifs is 1. The van der Waals surface area contributed by atoms with Gasteiger partial charge in [0.15, 0.2) is 17.3 Å². The molecule has 284 valence electrons. The van der Waals surface area contributed by atoms with Gasteiger partial charge >= 0.3 is 6.18 Å². The van der Waals surface area contributed by atoms with Crippen LogP contribution in [0.15, 0.2) is 42.6 Å². The van der Waals surface area contributed by atoms with Gasteiger partial charge in [-0.1, -0.05) is 6.07 Å². The number of likely N-dealkylation sites (N-methyl/N-ethyl adjacent to an activating group) is 1. The summed E-state index contributed by atoms with van der Waals surface area (Å²) in [4.78, 5) is 36.6. The molecule has 53 heavy (non-hydrogen) atoms. The molecule has 0 unspecified atom stereocenters. The molecule has 1 atom stereocenters. The van der Waals surface area contributed by atoms with Crippen LogP contribution in [0.2, 0.25) is 0 Å². The predicted molar refractivity (Wildman–Crippen MR) is 171 cm³/mol. The molecule has 1 aliphatic rings. The molecule has 2 aromatic carbocycles. The summed E-state index contributed by atoms with van der Waals surface area (Å²) in [5, 5.41) is 6.02. The van der Waals surface area contributed by atoms with Gasteiger partial charge in [0.05, 0.1) is 16.8 Å². The van der Waals surface area contributed by atoms with Crippen molar-refractivity contribution in [1.29, 1.82) is 0 Å². The van der Waals surface area contributed by atoms with Crippen LogP contribution >= 0.6 is 0 Å². The molecule has 0 fully saturated rings. The molecular weight excluding hydrogens is 726 g/mol. The first-order chi connectivity index (χ1) is 24.7. The van der Waals surface area contributed by atoms with Gasteiger partial charge in [-0.3, -0.25) is 14.3 Å². The van der Waals surface area contributed by atoms with Gasteiger partial charge in [-0.2, -0.15) is 27.1 Å². The Hall–Kier alpha value is -4.87. The van der Waals surface area contributed by atoms with Crippen LogP contribution in [0.3, 0.4) is 0 Å². The Morgan fingerprint density at radius 2 is 1.64 bits per heavy atom. The molecule has 4 aromatic rings. The van der Waals surface area contributed by atoms with Crippen molar-refractivity contribution in [3.05, 3.63) is 93.8 Å². The Labute approximate surface area is 296 Å². The number of hydrogen-bond donors (Lipinski definition) is 1. The topological polar surface area (TPSA) is 93.0 Å². The van der Waals surface area contributed by atoms with Gasteiger partial charge in [-0.25, -0.2) is 31.9 Å². The highest BCUT2D eigenvalue weighted by molar-refractivity contribution is 5.95. The van der Waals surface area contributed by atoms with Crippen molar-refractivity contribution >= 4 is 17.5 Å². The molecule has 0 amide bonds. The van der Waals surface area contributed by atoms with E-state index in [1.54, 1.807) is 14.1 Å². The van der Waals surface area contributed by atoms with Crippen molar-refractivity contribution in [2.45, 2.75) is 63.1 Å². The zero-order valence-corrected chi connectivity index (χ0v) is 28.4. The van der Waals surface area contributed by atoms with E-state index in [-0.39, 0.29) is 45.0 Å². The second kappa shape index (κ2) is 14.9. The Kier molecular flexibility index (Phi) is 11.0. The summed E-state index contributed by atoms with van der Waals surface area (Å²) < 4.78 is 145. The standard InChI is InChI=1S/C35H32F10N6O2/c1-18(52)25-14-20(4-5-27(25)38)26-16-47-32(46-8-9-50(2)3)48-29(26)21(10-19-11-22(36)15-23(37)12-19)13-24(53)17-51-31-28(30(49-51)35(43,44)45)33(39,40)6-7-34(31,41)42/h4-5,11-12,14-16,21H,6-10,13,17H2,1-3H3,(H,46,47,48)/t21-/m1/s1. The molecule has 0 aliphatic heterocycles. The number of nitrogens with zero attached hydrogens (tertiary/aromatic N) is 5. The minimum atomic E-state index is -5.57. The fourth-order valence-electron chi connectivity index (χ4n) is 6.20. The fourth-order valence-corrected chi connectivity index (χ4v) is 6.20. The van der Waals surface area contributed by atoms with E-state index in [4.69, 9.17) is 0 Å². The highest BCUT2D eigenvalue weighted by Gasteiger charge is 2.57. The first-order valence-corrected chi connectivity index (χ1v) is 16.1. The number of Topliss-reactive ketones (excluding diaryl/α,β-unsaturated/α-hetero) is 2. The van der Waals surface area contributed by atoms with Crippen LogP contribution in [-0.4, -0.2) is 63.4 Å². The third-order valence-electron chi connectivity index (χ3n) is 8.59. The molecule has 8 nitrogen and oxygen atoms in total. The van der Waals surface area contributed by atoms with Gasteiger partial charge in [-0.15, -0.1) is 0 Å². The number of halogens is 10. The van der Waals surface area contributed by atoms with Gasteiger partial charge in [0.25, 0.3) is 11.8 Å². The zero-order chi connectivity index (χ0) is 39.0. The number of nitrogens with one attached hydrogen (secondary N) is 1. The van der Waals surface area contributed by atoms with Crippen molar-refractivity contribution < 1.29 is 53.5 Å². The lowest BCUT2D eigenvalue weighted by atomic mass is 9.86. The molecule has 0 radical (unpaired) electrons. The molecule has 1 N–H and O–H groups in total. The average Bonchev–Trinajstić information content (AvgIpc) is 3.45. The number of hydrogen-bond acceptors (Lipinski definition) is 7. The monoisotopic (exact) mass is 758 g/mol. The van der Waals surface area contributed by atoms with Crippen LogP contribution in [0.4, 0.5) is 49.9 Å². The van der Waals surface area contributed by atoms with E-state index in [0.717, 1.165) is 25.1 Å². The maximum absolute atomic E-state index is 15.1. The van der Waals surface area contributed by atoms with E-state index in [1.807, 2.05) is 4.90 Å². The first kappa shape index (κ1) is 39.3. The lowest BCUT2D eigenvalue weighted by Crippen LogP contribution is -2.34. The van der Waals surface area contributed by atoms with E-state index < -0.39 is 95.7 Å². The third-order valence-corrected chi connectivity index (χ3v) is 8.59. The highest BCUT2D eigenvalue weighted by atomic mass is 19.4. The molecule has 2 aromatic heterocycles. The van der Waals surface area contributed by atoms with Crippen LogP contribution < -0.4 is 5.32 Å². The van der Waals surface area contributed by atoms with E-state index in [1.165, 1.54) is 18.3 Å². The SMILES string of the molecule is CC(=O)c1cc(-c2cnc(NCCN(C)C)nc2[C@@H](CC(=O)Cn2nc(C(F)(F)F)c3c2C(F)(F)CCC3(F)F)Cc2cc(F)cc(F)c2)ccc1F. The van der Waals surface area contributed by atoms with Crippen LogP contribution in [-0.2, 0) is 35.8 Å².